The molecule has 160 valence electrons. The molecule has 10 heteroatoms. The highest BCUT2D eigenvalue weighted by molar-refractivity contribution is 7.93. The van der Waals surface area contributed by atoms with Gasteiger partial charge in [-0.1, -0.05) is 30.9 Å². The average molecular weight is 461 g/mol. The molecule has 0 aliphatic heterocycles. The Kier molecular flexibility index (Phi) is 7.72. The molecule has 29 heavy (non-hydrogen) atoms. The number of hydrogen-bond acceptors (Lipinski definition) is 6. The average Bonchev–Trinajstić information content (AvgIpc) is 3.31. The fourth-order valence-corrected chi connectivity index (χ4v) is 5.84. The Hall–Kier alpha value is -1.42. The fraction of sp³-hybridized carbons (Fsp3) is 0.526. The van der Waals surface area contributed by atoms with Crippen LogP contribution in [0.4, 0.5) is 15.2 Å². The number of anilines is 2. The van der Waals surface area contributed by atoms with E-state index in [0.29, 0.717) is 24.2 Å². The van der Waals surface area contributed by atoms with E-state index in [0.717, 1.165) is 55.6 Å². The van der Waals surface area contributed by atoms with Gasteiger partial charge in [-0.05, 0) is 43.7 Å². The first kappa shape index (κ1) is 22.3. The van der Waals surface area contributed by atoms with E-state index < -0.39 is 20.7 Å². The second kappa shape index (κ2) is 10.1. The van der Waals surface area contributed by atoms with Crippen molar-refractivity contribution in [1.29, 1.82) is 0 Å². The number of nitrogens with two attached hydrogens (primary N) is 1. The highest BCUT2D eigenvalue weighted by Gasteiger charge is 2.23. The minimum atomic E-state index is -4.10. The summed E-state index contributed by atoms with van der Waals surface area (Å²) < 4.78 is 41.4. The predicted molar refractivity (Wildman–Crippen MR) is 117 cm³/mol. The van der Waals surface area contributed by atoms with Crippen molar-refractivity contribution < 1.29 is 12.8 Å². The van der Waals surface area contributed by atoms with Gasteiger partial charge in [-0.2, -0.15) is 0 Å². The van der Waals surface area contributed by atoms with Gasteiger partial charge in [-0.25, -0.2) is 17.8 Å². The van der Waals surface area contributed by atoms with E-state index in [1.807, 2.05) is 0 Å². The summed E-state index contributed by atoms with van der Waals surface area (Å²) in [4.78, 5) is 3.34. The third-order valence-electron chi connectivity index (χ3n) is 5.25. The maximum atomic E-state index is 14.4. The Morgan fingerprint density at radius 1 is 1.28 bits per heavy atom. The van der Waals surface area contributed by atoms with Crippen LogP contribution in [0.1, 0.15) is 44.9 Å². The smallest absolute Gasteiger partial charge is 0.266 e. The number of sulfonamides is 1. The molecule has 1 aliphatic carbocycles. The van der Waals surface area contributed by atoms with Crippen LogP contribution in [0.15, 0.2) is 28.6 Å². The number of halogens is 2. The Morgan fingerprint density at radius 3 is 2.79 bits per heavy atom. The molecule has 1 aliphatic rings. The zero-order chi connectivity index (χ0) is 20.9. The molecular formula is C19H26ClFN4O2S2. The lowest BCUT2D eigenvalue weighted by Gasteiger charge is -2.15. The van der Waals surface area contributed by atoms with Crippen molar-refractivity contribution in [3.05, 3.63) is 34.5 Å². The van der Waals surface area contributed by atoms with Gasteiger partial charge in [0.2, 0.25) is 0 Å². The number of rotatable bonds is 10. The molecule has 2 atom stereocenters. The first-order valence-electron chi connectivity index (χ1n) is 9.77. The molecule has 0 radical (unpaired) electrons. The molecule has 0 amide bonds. The highest BCUT2D eigenvalue weighted by Crippen LogP contribution is 2.30. The molecule has 1 saturated carbocycles. The van der Waals surface area contributed by atoms with Crippen molar-refractivity contribution in [3.8, 4) is 0 Å². The molecule has 1 heterocycles. The fourth-order valence-electron chi connectivity index (χ4n) is 3.67. The van der Waals surface area contributed by atoms with Gasteiger partial charge in [0, 0.05) is 24.2 Å². The molecule has 1 aromatic carbocycles. The maximum Gasteiger partial charge on any atom is 0.266 e. The Labute approximate surface area is 180 Å². The molecule has 0 unspecified atom stereocenters. The van der Waals surface area contributed by atoms with E-state index in [9.17, 15) is 12.8 Å². The number of benzene rings is 1. The third kappa shape index (κ3) is 6.04. The quantitative estimate of drug-likeness (QED) is 0.441. The number of nitrogens with one attached hydrogen (secondary N) is 2. The van der Waals surface area contributed by atoms with E-state index in [1.54, 1.807) is 5.38 Å². The molecule has 2 aromatic rings. The number of hydrogen-bond donors (Lipinski definition) is 3. The number of unbranched alkanes of at least 4 members (excludes halogenated alkanes) is 2. The molecular weight excluding hydrogens is 435 g/mol. The van der Waals surface area contributed by atoms with Gasteiger partial charge in [0.1, 0.15) is 10.7 Å². The van der Waals surface area contributed by atoms with Gasteiger partial charge in [-0.15, -0.1) is 11.3 Å². The van der Waals surface area contributed by atoms with Crippen LogP contribution in [0.5, 0.6) is 0 Å². The maximum absolute atomic E-state index is 14.4. The van der Waals surface area contributed by atoms with Crippen LogP contribution in [-0.4, -0.2) is 26.0 Å². The predicted octanol–water partition coefficient (Wildman–Crippen LogP) is 4.84. The molecule has 0 spiro atoms. The van der Waals surface area contributed by atoms with Gasteiger partial charge < -0.3 is 11.1 Å². The van der Waals surface area contributed by atoms with Gasteiger partial charge in [0.05, 0.1) is 10.7 Å². The van der Waals surface area contributed by atoms with Gasteiger partial charge in [-0.3, -0.25) is 4.72 Å². The van der Waals surface area contributed by atoms with Crippen LogP contribution in [0.25, 0.3) is 0 Å². The highest BCUT2D eigenvalue weighted by atomic mass is 35.5. The van der Waals surface area contributed by atoms with Crippen LogP contribution < -0.4 is 15.8 Å². The van der Waals surface area contributed by atoms with E-state index in [2.05, 4.69) is 15.0 Å². The SMILES string of the molecule is N[C@H]1CCC[C@@H]1CCCCCNc1cc(F)c(S(=O)(=O)Nc2nccs2)cc1Cl. The summed E-state index contributed by atoms with van der Waals surface area (Å²) in [5.74, 6) is -0.213. The number of thiazole rings is 1. The molecule has 6 nitrogen and oxygen atoms in total. The molecule has 1 fully saturated rings. The Bertz CT molecular complexity index is 909. The largest absolute Gasteiger partial charge is 0.384 e. The van der Waals surface area contributed by atoms with Crippen molar-refractivity contribution in [2.24, 2.45) is 11.7 Å². The monoisotopic (exact) mass is 460 g/mol. The van der Waals surface area contributed by atoms with E-state index >= 15 is 0 Å². The summed E-state index contributed by atoms with van der Waals surface area (Å²) in [6.45, 7) is 0.638. The summed E-state index contributed by atoms with van der Waals surface area (Å²) in [5.41, 5.74) is 6.48. The Balaban J connectivity index is 1.50. The number of aromatic nitrogens is 1. The third-order valence-corrected chi connectivity index (χ3v) is 7.73. The summed E-state index contributed by atoms with van der Waals surface area (Å²) >= 11 is 7.29. The molecule has 0 bridgehead atoms. The summed E-state index contributed by atoms with van der Waals surface area (Å²) in [5, 5.41) is 5.04. The molecule has 4 N–H and O–H groups in total. The lowest BCUT2D eigenvalue weighted by molar-refractivity contribution is 0.424. The Morgan fingerprint density at radius 2 is 2.10 bits per heavy atom. The van der Waals surface area contributed by atoms with Crippen molar-refractivity contribution in [2.45, 2.75) is 55.9 Å². The van der Waals surface area contributed by atoms with E-state index in [-0.39, 0.29) is 10.2 Å². The first-order chi connectivity index (χ1) is 13.9. The van der Waals surface area contributed by atoms with E-state index in [4.69, 9.17) is 17.3 Å². The van der Waals surface area contributed by atoms with Crippen LogP contribution in [0.3, 0.4) is 0 Å². The topological polar surface area (TPSA) is 97.1 Å². The van der Waals surface area contributed by atoms with Crippen molar-refractivity contribution in [2.75, 3.05) is 16.6 Å². The van der Waals surface area contributed by atoms with Crippen molar-refractivity contribution in [3.63, 3.8) is 0 Å². The molecule has 0 saturated heterocycles. The lowest BCUT2D eigenvalue weighted by atomic mass is 9.97. The molecule has 3 rings (SSSR count). The van der Waals surface area contributed by atoms with Gasteiger partial charge in [0.15, 0.2) is 5.13 Å². The zero-order valence-electron chi connectivity index (χ0n) is 16.0. The number of nitrogens with zero attached hydrogens (tertiary/aromatic N) is 1. The zero-order valence-corrected chi connectivity index (χ0v) is 18.4. The minimum absolute atomic E-state index is 0.155. The van der Waals surface area contributed by atoms with E-state index in [1.165, 1.54) is 19.0 Å². The first-order valence-corrected chi connectivity index (χ1v) is 12.5. The summed E-state index contributed by atoms with van der Waals surface area (Å²) in [6.07, 6.45) is 9.34. The van der Waals surface area contributed by atoms with Crippen molar-refractivity contribution >= 4 is 43.8 Å². The molecule has 1 aromatic heterocycles. The van der Waals surface area contributed by atoms with Gasteiger partial charge in [0.25, 0.3) is 10.0 Å². The van der Waals surface area contributed by atoms with Crippen LogP contribution in [0, 0.1) is 11.7 Å². The normalized spacial score (nSPS) is 19.4. The van der Waals surface area contributed by atoms with Crippen LogP contribution in [-0.2, 0) is 10.0 Å². The standard InChI is InChI=1S/C19H26ClFN4O2S2/c20-14-11-18(29(26,27)25-19-24-9-10-28-19)15(21)12-17(14)23-8-3-1-2-5-13-6-4-7-16(13)22/h9-13,16,23H,1-8,22H2,(H,24,25)/t13-,16-/m0/s1. The lowest BCUT2D eigenvalue weighted by Crippen LogP contribution is -2.24. The van der Waals surface area contributed by atoms with Crippen molar-refractivity contribution in [1.82, 2.24) is 4.98 Å². The second-order valence-corrected chi connectivity index (χ2v) is 10.3. The van der Waals surface area contributed by atoms with Crippen LogP contribution in [0.2, 0.25) is 5.02 Å². The summed E-state index contributed by atoms with van der Waals surface area (Å²) in [7, 11) is -4.10. The minimum Gasteiger partial charge on any atom is -0.384 e. The summed E-state index contributed by atoms with van der Waals surface area (Å²) in [6, 6.07) is 2.60. The van der Waals surface area contributed by atoms with Crippen LogP contribution >= 0.6 is 22.9 Å². The second-order valence-electron chi connectivity index (χ2n) is 7.34. The van der Waals surface area contributed by atoms with Gasteiger partial charge >= 0.3 is 0 Å².